The summed E-state index contributed by atoms with van der Waals surface area (Å²) < 4.78 is 5.21. The smallest absolute Gasteiger partial charge is 0.226 e. The third-order valence-electron chi connectivity index (χ3n) is 3.49. The van der Waals surface area contributed by atoms with Crippen LogP contribution < -0.4 is 15.4 Å². The summed E-state index contributed by atoms with van der Waals surface area (Å²) in [7, 11) is 1.56. The Morgan fingerprint density at radius 2 is 1.91 bits per heavy atom. The van der Waals surface area contributed by atoms with Crippen molar-refractivity contribution in [1.29, 1.82) is 0 Å². The van der Waals surface area contributed by atoms with Crippen molar-refractivity contribution in [2.24, 2.45) is 0 Å². The molecule has 0 unspecified atom stereocenters. The number of benzene rings is 2. The normalized spacial score (nSPS) is 10.3. The zero-order valence-electron chi connectivity index (χ0n) is 13.6. The lowest BCUT2D eigenvalue weighted by Crippen LogP contribution is -2.17. The molecule has 0 aliphatic heterocycles. The number of hydrogen-bond donors (Lipinski definition) is 2. The van der Waals surface area contributed by atoms with Crippen LogP contribution in [0.15, 0.2) is 36.4 Å². The molecule has 2 N–H and O–H groups in total. The van der Waals surface area contributed by atoms with Crippen LogP contribution in [0.1, 0.15) is 17.5 Å². The number of rotatable bonds is 6. The summed E-state index contributed by atoms with van der Waals surface area (Å²) >= 11 is 5.95. The first kappa shape index (κ1) is 17.2. The molecule has 0 fully saturated rings. The SMILES string of the molecule is COc1ccc(Cl)cc1NC(=O)CCNc1ccc(C)cc1C. The summed E-state index contributed by atoms with van der Waals surface area (Å²) in [5.41, 5.74) is 4.01. The van der Waals surface area contributed by atoms with Gasteiger partial charge in [-0.25, -0.2) is 0 Å². The van der Waals surface area contributed by atoms with E-state index in [1.54, 1.807) is 25.3 Å². The Bertz CT molecular complexity index is 701. The van der Waals surface area contributed by atoms with Crippen LogP contribution in [0.4, 0.5) is 11.4 Å². The van der Waals surface area contributed by atoms with E-state index in [1.807, 2.05) is 19.1 Å². The number of ether oxygens (including phenoxy) is 1. The number of aryl methyl sites for hydroxylation is 2. The number of carbonyl (C=O) groups is 1. The standard InChI is InChI=1S/C18H21ClN2O2/c1-12-4-6-15(13(2)10-12)20-9-8-18(22)21-16-11-14(19)5-7-17(16)23-3/h4-7,10-11,20H,8-9H2,1-3H3,(H,21,22). The summed E-state index contributed by atoms with van der Waals surface area (Å²) in [6, 6.07) is 11.3. The molecule has 0 spiro atoms. The van der Waals surface area contributed by atoms with E-state index >= 15 is 0 Å². The minimum Gasteiger partial charge on any atom is -0.495 e. The van der Waals surface area contributed by atoms with Crippen molar-refractivity contribution in [3.63, 3.8) is 0 Å². The summed E-state index contributed by atoms with van der Waals surface area (Å²) in [5, 5.41) is 6.65. The van der Waals surface area contributed by atoms with Crippen LogP contribution in [0.5, 0.6) is 5.75 Å². The first-order chi connectivity index (χ1) is 11.0. The molecule has 5 heteroatoms. The Morgan fingerprint density at radius 3 is 2.61 bits per heavy atom. The highest BCUT2D eigenvalue weighted by Gasteiger charge is 2.08. The minimum atomic E-state index is -0.0946. The van der Waals surface area contributed by atoms with Crippen LogP contribution in [0.3, 0.4) is 0 Å². The van der Waals surface area contributed by atoms with E-state index in [9.17, 15) is 4.79 Å². The molecule has 0 atom stereocenters. The van der Waals surface area contributed by atoms with Gasteiger partial charge in [-0.3, -0.25) is 4.79 Å². The van der Waals surface area contributed by atoms with E-state index in [4.69, 9.17) is 16.3 Å². The summed E-state index contributed by atoms with van der Waals surface area (Å²) in [6.45, 7) is 4.66. The van der Waals surface area contributed by atoms with Crippen LogP contribution >= 0.6 is 11.6 Å². The Hall–Kier alpha value is -2.20. The second kappa shape index (κ2) is 7.88. The minimum absolute atomic E-state index is 0.0946. The van der Waals surface area contributed by atoms with Gasteiger partial charge in [-0.1, -0.05) is 29.3 Å². The molecule has 23 heavy (non-hydrogen) atoms. The van der Waals surface area contributed by atoms with Gasteiger partial charge in [0.2, 0.25) is 5.91 Å². The van der Waals surface area contributed by atoms with Crippen molar-refractivity contribution in [2.75, 3.05) is 24.3 Å². The molecule has 1 amide bonds. The predicted octanol–water partition coefficient (Wildman–Crippen LogP) is 4.41. The number of carbonyl (C=O) groups excluding carboxylic acids is 1. The Labute approximate surface area is 141 Å². The van der Waals surface area contributed by atoms with E-state index in [-0.39, 0.29) is 5.91 Å². The van der Waals surface area contributed by atoms with Gasteiger partial charge in [0, 0.05) is 23.7 Å². The molecule has 0 saturated heterocycles. The van der Waals surface area contributed by atoms with Gasteiger partial charge in [0.1, 0.15) is 5.75 Å². The van der Waals surface area contributed by atoms with Crippen LogP contribution in [0.2, 0.25) is 5.02 Å². The fourth-order valence-corrected chi connectivity index (χ4v) is 2.49. The van der Waals surface area contributed by atoms with Gasteiger partial charge >= 0.3 is 0 Å². The second-order valence-corrected chi connectivity index (χ2v) is 5.82. The molecule has 122 valence electrons. The number of amides is 1. The summed E-state index contributed by atoms with van der Waals surface area (Å²) in [4.78, 5) is 12.1. The molecule has 0 saturated carbocycles. The monoisotopic (exact) mass is 332 g/mol. The largest absolute Gasteiger partial charge is 0.495 e. The van der Waals surface area contributed by atoms with Crippen LogP contribution in [-0.2, 0) is 4.79 Å². The molecule has 2 aromatic carbocycles. The third kappa shape index (κ3) is 4.89. The van der Waals surface area contributed by atoms with Crippen molar-refractivity contribution in [3.8, 4) is 5.75 Å². The third-order valence-corrected chi connectivity index (χ3v) is 3.72. The zero-order valence-corrected chi connectivity index (χ0v) is 14.3. The first-order valence-corrected chi connectivity index (χ1v) is 7.82. The van der Waals surface area contributed by atoms with Crippen LogP contribution in [-0.4, -0.2) is 19.6 Å². The number of hydrogen-bond acceptors (Lipinski definition) is 3. The van der Waals surface area contributed by atoms with Crippen molar-refractivity contribution in [3.05, 3.63) is 52.5 Å². The van der Waals surface area contributed by atoms with Gasteiger partial charge < -0.3 is 15.4 Å². The van der Waals surface area contributed by atoms with Gasteiger partial charge in [0.25, 0.3) is 0 Å². The zero-order chi connectivity index (χ0) is 16.8. The van der Waals surface area contributed by atoms with E-state index < -0.39 is 0 Å². The summed E-state index contributed by atoms with van der Waals surface area (Å²) in [6.07, 6.45) is 0.350. The van der Waals surface area contributed by atoms with E-state index in [0.29, 0.717) is 29.4 Å². The fraction of sp³-hybridized carbons (Fsp3) is 0.278. The Morgan fingerprint density at radius 1 is 1.13 bits per heavy atom. The quantitative estimate of drug-likeness (QED) is 0.824. The molecular weight excluding hydrogens is 312 g/mol. The van der Waals surface area contributed by atoms with Crippen LogP contribution in [0, 0.1) is 13.8 Å². The maximum absolute atomic E-state index is 12.1. The molecule has 2 aromatic rings. The number of nitrogens with one attached hydrogen (secondary N) is 2. The topological polar surface area (TPSA) is 50.4 Å². The molecule has 0 radical (unpaired) electrons. The molecule has 0 aromatic heterocycles. The van der Waals surface area contributed by atoms with Gasteiger partial charge in [0.15, 0.2) is 0 Å². The van der Waals surface area contributed by atoms with E-state index in [2.05, 4.69) is 23.6 Å². The maximum atomic E-state index is 12.1. The molecule has 0 aliphatic carbocycles. The number of halogens is 1. The maximum Gasteiger partial charge on any atom is 0.226 e. The Kier molecular flexibility index (Phi) is 5.88. The molecule has 0 aliphatic rings. The van der Waals surface area contributed by atoms with Crippen LogP contribution in [0.25, 0.3) is 0 Å². The lowest BCUT2D eigenvalue weighted by atomic mass is 10.1. The summed E-state index contributed by atoms with van der Waals surface area (Å²) in [5.74, 6) is 0.493. The lowest BCUT2D eigenvalue weighted by molar-refractivity contribution is -0.116. The molecule has 0 bridgehead atoms. The van der Waals surface area contributed by atoms with Gasteiger partial charge in [-0.2, -0.15) is 0 Å². The highest BCUT2D eigenvalue weighted by molar-refractivity contribution is 6.31. The second-order valence-electron chi connectivity index (χ2n) is 5.39. The van der Waals surface area contributed by atoms with Crippen molar-refractivity contribution >= 4 is 28.9 Å². The van der Waals surface area contributed by atoms with E-state index in [1.165, 1.54) is 11.1 Å². The lowest BCUT2D eigenvalue weighted by Gasteiger charge is -2.12. The van der Waals surface area contributed by atoms with Gasteiger partial charge in [0.05, 0.1) is 12.8 Å². The highest BCUT2D eigenvalue weighted by Crippen LogP contribution is 2.27. The number of methoxy groups -OCH3 is 1. The fourth-order valence-electron chi connectivity index (χ4n) is 2.31. The molecule has 0 heterocycles. The average molecular weight is 333 g/mol. The average Bonchev–Trinajstić information content (AvgIpc) is 2.50. The molecule has 4 nitrogen and oxygen atoms in total. The molecular formula is C18H21ClN2O2. The van der Waals surface area contributed by atoms with E-state index in [0.717, 1.165) is 5.69 Å². The molecule has 2 rings (SSSR count). The number of anilines is 2. The van der Waals surface area contributed by atoms with Crippen molar-refractivity contribution in [1.82, 2.24) is 0 Å². The Balaban J connectivity index is 1.89. The highest BCUT2D eigenvalue weighted by atomic mass is 35.5. The van der Waals surface area contributed by atoms with Crippen molar-refractivity contribution in [2.45, 2.75) is 20.3 Å². The van der Waals surface area contributed by atoms with Crippen molar-refractivity contribution < 1.29 is 9.53 Å². The predicted molar refractivity (Wildman–Crippen MR) is 95.7 cm³/mol. The first-order valence-electron chi connectivity index (χ1n) is 7.44. The van der Waals surface area contributed by atoms with Gasteiger partial charge in [-0.05, 0) is 43.7 Å². The van der Waals surface area contributed by atoms with Gasteiger partial charge in [-0.15, -0.1) is 0 Å².